The van der Waals surface area contributed by atoms with E-state index in [1.165, 1.54) is 5.56 Å². The Kier molecular flexibility index (Phi) is 5.98. The molecule has 1 aromatic heterocycles. The van der Waals surface area contributed by atoms with Gasteiger partial charge >= 0.3 is 6.09 Å². The van der Waals surface area contributed by atoms with E-state index in [4.69, 9.17) is 4.74 Å². The summed E-state index contributed by atoms with van der Waals surface area (Å²) in [4.78, 5) is 18.8. The second-order valence-corrected chi connectivity index (χ2v) is 12.5. The monoisotopic (exact) mass is 421 g/mol. The summed E-state index contributed by atoms with van der Waals surface area (Å²) in [6.45, 7) is 14.9. The second kappa shape index (κ2) is 7.75. The molecule has 1 aliphatic carbocycles. The number of carbonyl (C=O) groups is 1. The van der Waals surface area contributed by atoms with Gasteiger partial charge < -0.3 is 14.2 Å². The first-order valence-electron chi connectivity index (χ1n) is 10.4. The molecule has 2 heterocycles. The summed E-state index contributed by atoms with van der Waals surface area (Å²) in [5, 5.41) is 0. The number of piperidine rings is 1. The Morgan fingerprint density at radius 2 is 1.90 bits per heavy atom. The maximum atomic E-state index is 12.9. The van der Waals surface area contributed by atoms with Gasteiger partial charge in [-0.2, -0.15) is 0 Å². The van der Waals surface area contributed by atoms with E-state index in [0.29, 0.717) is 13.1 Å². The first-order valence-corrected chi connectivity index (χ1v) is 11.6. The number of carbonyl (C=O) groups excluding carboxylic acids is 1. The molecule has 1 spiro atoms. The molecule has 29 heavy (non-hydrogen) atoms. The fourth-order valence-corrected chi connectivity index (χ4v) is 5.19. The number of likely N-dealkylation sites (tertiary alicyclic amines) is 1. The van der Waals surface area contributed by atoms with E-state index < -0.39 is 17.0 Å². The lowest BCUT2D eigenvalue weighted by Crippen LogP contribution is -2.51. The number of rotatable bonds is 2. The van der Waals surface area contributed by atoms with E-state index in [1.807, 2.05) is 54.7 Å². The van der Waals surface area contributed by atoms with Crippen molar-refractivity contribution < 1.29 is 14.1 Å². The van der Waals surface area contributed by atoms with Gasteiger partial charge in [-0.15, -0.1) is 4.72 Å². The summed E-state index contributed by atoms with van der Waals surface area (Å²) < 4.78 is 21.6. The van der Waals surface area contributed by atoms with Crippen LogP contribution in [0.25, 0.3) is 0 Å². The first-order chi connectivity index (χ1) is 13.3. The van der Waals surface area contributed by atoms with Crippen LogP contribution in [0.1, 0.15) is 77.2 Å². The van der Waals surface area contributed by atoms with Gasteiger partial charge in [-0.25, -0.2) is 4.79 Å². The minimum atomic E-state index is -1.18. The van der Waals surface area contributed by atoms with Crippen molar-refractivity contribution in [1.29, 1.82) is 0 Å². The Balaban J connectivity index is 1.81. The largest absolute Gasteiger partial charge is 0.598 e. The van der Waals surface area contributed by atoms with Crippen molar-refractivity contribution in [2.75, 3.05) is 13.1 Å². The number of pyridine rings is 1. The lowest BCUT2D eigenvalue weighted by molar-refractivity contribution is 0.00715. The topological polar surface area (TPSA) is 77.5 Å². The van der Waals surface area contributed by atoms with Gasteiger partial charge in [0, 0.05) is 41.8 Å². The molecule has 1 amide bonds. The molecule has 0 radical (unpaired) electrons. The number of nitrogens with zero attached hydrogens (tertiary/aromatic N) is 2. The van der Waals surface area contributed by atoms with Crippen LogP contribution < -0.4 is 4.72 Å². The van der Waals surface area contributed by atoms with Crippen LogP contribution in [0.2, 0.25) is 0 Å². The Bertz CT molecular complexity index is 762. The van der Waals surface area contributed by atoms with Crippen molar-refractivity contribution in [2.45, 2.75) is 84.1 Å². The van der Waals surface area contributed by atoms with Crippen LogP contribution in [0.5, 0.6) is 0 Å². The highest BCUT2D eigenvalue weighted by atomic mass is 32.2. The van der Waals surface area contributed by atoms with Gasteiger partial charge in [0.1, 0.15) is 10.3 Å². The molecule has 2 atom stereocenters. The molecule has 1 aromatic rings. The van der Waals surface area contributed by atoms with E-state index >= 15 is 0 Å². The molecular weight excluding hydrogens is 386 g/mol. The molecule has 1 saturated heterocycles. The number of nitrogens with one attached hydrogen (secondary N) is 1. The highest BCUT2D eigenvalue weighted by Gasteiger charge is 2.51. The number of hydrogen-bond donors (Lipinski definition) is 1. The molecule has 7 heteroatoms. The minimum Gasteiger partial charge on any atom is -0.598 e. The zero-order valence-corrected chi connectivity index (χ0v) is 19.6. The molecule has 1 fully saturated rings. The quantitative estimate of drug-likeness (QED) is 0.729. The van der Waals surface area contributed by atoms with Gasteiger partial charge in [0.15, 0.2) is 0 Å². The lowest BCUT2D eigenvalue weighted by Gasteiger charge is -2.43. The number of aromatic nitrogens is 1. The number of aryl methyl sites for hydroxylation is 1. The number of amides is 1. The summed E-state index contributed by atoms with van der Waals surface area (Å²) in [7, 11) is 0. The van der Waals surface area contributed by atoms with Gasteiger partial charge in [0.2, 0.25) is 0 Å². The normalized spacial score (nSPS) is 22.5. The molecule has 0 bridgehead atoms. The molecule has 1 aliphatic heterocycles. The number of ether oxygens (including phenoxy) is 1. The Morgan fingerprint density at radius 1 is 1.28 bits per heavy atom. The van der Waals surface area contributed by atoms with Crippen LogP contribution in [-0.2, 0) is 22.5 Å². The molecule has 162 valence electrons. The molecule has 2 aliphatic rings. The first kappa shape index (κ1) is 22.4. The molecular formula is C22H35N3O3S. The van der Waals surface area contributed by atoms with Crippen LogP contribution in [0.3, 0.4) is 0 Å². The third-order valence-corrected chi connectivity index (χ3v) is 7.38. The van der Waals surface area contributed by atoms with Gasteiger partial charge in [-0.1, -0.05) is 0 Å². The van der Waals surface area contributed by atoms with E-state index in [-0.39, 0.29) is 22.3 Å². The third-order valence-electron chi connectivity index (χ3n) is 5.82. The van der Waals surface area contributed by atoms with E-state index in [0.717, 1.165) is 30.5 Å². The Morgan fingerprint density at radius 3 is 2.45 bits per heavy atom. The smallest absolute Gasteiger partial charge is 0.410 e. The zero-order chi connectivity index (χ0) is 21.6. The van der Waals surface area contributed by atoms with Crippen molar-refractivity contribution in [2.24, 2.45) is 5.41 Å². The minimum absolute atomic E-state index is 0.0218. The van der Waals surface area contributed by atoms with Crippen LogP contribution in [-0.4, -0.2) is 44.0 Å². The van der Waals surface area contributed by atoms with Crippen LogP contribution in [0.15, 0.2) is 12.3 Å². The molecule has 0 unspecified atom stereocenters. The van der Waals surface area contributed by atoms with Gasteiger partial charge in [-0.3, -0.25) is 4.98 Å². The second-order valence-electron chi connectivity index (χ2n) is 10.5. The average molecular weight is 422 g/mol. The predicted molar refractivity (Wildman–Crippen MR) is 116 cm³/mol. The average Bonchev–Trinajstić information content (AvgIpc) is 2.85. The molecule has 0 saturated carbocycles. The molecule has 6 nitrogen and oxygen atoms in total. The number of fused-ring (bicyclic) bond motifs is 1. The fourth-order valence-electron chi connectivity index (χ4n) is 4.25. The SMILES string of the molecule is Cc1cc2c(cn1)[C@H](N[S@+]([O-])C(C)(C)C)C1(CCN(C(=O)OC(C)(C)C)CC1)C2. The van der Waals surface area contributed by atoms with Crippen molar-refractivity contribution in [3.05, 3.63) is 29.1 Å². The summed E-state index contributed by atoms with van der Waals surface area (Å²) in [6, 6.07) is 2.13. The molecule has 0 aromatic carbocycles. The standard InChI is InChI=1S/C22H35N3O3S/c1-15-12-16-13-22(8-10-25(11-9-22)19(26)28-20(2,3)4)18(17(16)14-23-15)24-29(27)21(5,6)7/h12,14,18,24H,8-11,13H2,1-7H3/t18-,29+/m0/s1. The van der Waals surface area contributed by atoms with Crippen molar-refractivity contribution in [1.82, 2.24) is 14.6 Å². The zero-order valence-electron chi connectivity index (χ0n) is 18.8. The highest BCUT2D eigenvalue weighted by molar-refractivity contribution is 7.90. The highest BCUT2D eigenvalue weighted by Crippen LogP contribution is 2.52. The van der Waals surface area contributed by atoms with Crippen molar-refractivity contribution in [3.8, 4) is 0 Å². The maximum Gasteiger partial charge on any atom is 0.410 e. The summed E-state index contributed by atoms with van der Waals surface area (Å²) in [5.74, 6) is 0. The molecule has 3 rings (SSSR count). The summed E-state index contributed by atoms with van der Waals surface area (Å²) in [6.07, 6.45) is 4.31. The van der Waals surface area contributed by atoms with Crippen molar-refractivity contribution in [3.63, 3.8) is 0 Å². The predicted octanol–water partition coefficient (Wildman–Crippen LogP) is 4.06. The van der Waals surface area contributed by atoms with Gasteiger partial charge in [0.25, 0.3) is 0 Å². The maximum absolute atomic E-state index is 12.9. The van der Waals surface area contributed by atoms with Crippen LogP contribution >= 0.6 is 0 Å². The number of hydrogen-bond acceptors (Lipinski definition) is 5. The van der Waals surface area contributed by atoms with E-state index in [2.05, 4.69) is 15.8 Å². The fraction of sp³-hybridized carbons (Fsp3) is 0.727. The van der Waals surface area contributed by atoms with Crippen LogP contribution in [0, 0.1) is 12.3 Å². The summed E-state index contributed by atoms with van der Waals surface area (Å²) in [5.41, 5.74) is 2.89. The summed E-state index contributed by atoms with van der Waals surface area (Å²) >= 11 is -1.18. The Labute approximate surface area is 178 Å². The van der Waals surface area contributed by atoms with Crippen LogP contribution in [0.4, 0.5) is 4.79 Å². The van der Waals surface area contributed by atoms with Gasteiger partial charge in [-0.05, 0) is 84.9 Å². The Hall–Kier alpha value is -1.31. The van der Waals surface area contributed by atoms with Gasteiger partial charge in [0.05, 0.1) is 6.04 Å². The van der Waals surface area contributed by atoms with E-state index in [9.17, 15) is 9.35 Å². The van der Waals surface area contributed by atoms with E-state index in [1.54, 1.807) is 4.90 Å². The third kappa shape index (κ3) is 4.89. The lowest BCUT2D eigenvalue weighted by atomic mass is 9.73. The molecule has 1 N–H and O–H groups in total. The van der Waals surface area contributed by atoms with Crippen molar-refractivity contribution >= 4 is 17.5 Å².